The number of aromatic nitrogens is 2. The van der Waals surface area contributed by atoms with Crippen LogP contribution in [0.1, 0.15) is 67.8 Å². The second-order valence-corrected chi connectivity index (χ2v) is 9.09. The maximum Gasteiger partial charge on any atom is 0.162 e. The highest BCUT2D eigenvalue weighted by molar-refractivity contribution is 6.02. The summed E-state index contributed by atoms with van der Waals surface area (Å²) in [7, 11) is 0. The van der Waals surface area contributed by atoms with E-state index in [1.165, 1.54) is 5.56 Å². The van der Waals surface area contributed by atoms with Gasteiger partial charge in [0.1, 0.15) is 5.82 Å². The number of nitrogens with zero attached hydrogens (tertiary/aromatic N) is 2. The Balaban J connectivity index is 1.77. The van der Waals surface area contributed by atoms with E-state index in [0.29, 0.717) is 6.42 Å². The van der Waals surface area contributed by atoms with Crippen molar-refractivity contribution in [2.24, 2.45) is 5.41 Å². The molecule has 0 amide bonds. The fourth-order valence-corrected chi connectivity index (χ4v) is 5.13. The van der Waals surface area contributed by atoms with Gasteiger partial charge in [-0.15, -0.1) is 0 Å². The molecule has 2 aliphatic carbocycles. The molecule has 3 N–H and O–H groups in total. The normalized spacial score (nSPS) is 22.8. The quantitative estimate of drug-likeness (QED) is 0.784. The second kappa shape index (κ2) is 6.16. The van der Waals surface area contributed by atoms with E-state index in [0.717, 1.165) is 71.7 Å². The minimum Gasteiger partial charge on any atom is -0.398 e. The van der Waals surface area contributed by atoms with E-state index in [1.54, 1.807) is 12.4 Å². The fourth-order valence-electron chi connectivity index (χ4n) is 5.13. The first-order valence-electron chi connectivity index (χ1n) is 10.2. The molecule has 0 saturated heterocycles. The third kappa shape index (κ3) is 2.64. The number of ketones is 1. The molecule has 0 aromatic carbocycles. The van der Waals surface area contributed by atoms with Gasteiger partial charge in [-0.3, -0.25) is 9.78 Å². The lowest BCUT2D eigenvalue weighted by atomic mass is 9.68. The molecule has 0 fully saturated rings. The summed E-state index contributed by atoms with van der Waals surface area (Å²) in [5.74, 6) is 0.880. The van der Waals surface area contributed by atoms with Crippen LogP contribution in [0.15, 0.2) is 35.8 Å². The largest absolute Gasteiger partial charge is 0.398 e. The lowest BCUT2D eigenvalue weighted by Crippen LogP contribution is -2.35. The minimum absolute atomic E-state index is 0.0526. The molecule has 5 rings (SSSR count). The molecule has 5 nitrogen and oxygen atoms in total. The molecule has 144 valence electrons. The van der Waals surface area contributed by atoms with Gasteiger partial charge in [0.2, 0.25) is 0 Å². The van der Waals surface area contributed by atoms with E-state index in [2.05, 4.69) is 24.1 Å². The average molecular weight is 374 g/mol. The van der Waals surface area contributed by atoms with Gasteiger partial charge in [-0.05, 0) is 60.8 Å². The minimum atomic E-state index is -0.169. The van der Waals surface area contributed by atoms with Crippen LogP contribution in [0.2, 0.25) is 0 Å². The van der Waals surface area contributed by atoms with Crippen LogP contribution in [-0.2, 0) is 17.6 Å². The van der Waals surface area contributed by atoms with Crippen LogP contribution >= 0.6 is 0 Å². The van der Waals surface area contributed by atoms with E-state index in [9.17, 15) is 4.79 Å². The number of fused-ring (bicyclic) bond motifs is 2. The third-order valence-electron chi connectivity index (χ3n) is 6.36. The monoisotopic (exact) mass is 374 g/mol. The van der Waals surface area contributed by atoms with Crippen molar-refractivity contribution in [3.05, 3.63) is 58.2 Å². The van der Waals surface area contributed by atoms with Crippen LogP contribution in [0, 0.1) is 5.41 Å². The molecule has 28 heavy (non-hydrogen) atoms. The maximum atomic E-state index is 13.3. The predicted octanol–water partition coefficient (Wildman–Crippen LogP) is 4.14. The number of pyridine rings is 2. The Morgan fingerprint density at radius 2 is 1.89 bits per heavy atom. The lowest BCUT2D eigenvalue weighted by Gasteiger charge is -2.40. The van der Waals surface area contributed by atoms with Crippen molar-refractivity contribution in [1.82, 2.24) is 9.97 Å². The summed E-state index contributed by atoms with van der Waals surface area (Å²) in [4.78, 5) is 22.4. The molecule has 0 bridgehead atoms. The third-order valence-corrected chi connectivity index (χ3v) is 6.36. The summed E-state index contributed by atoms with van der Waals surface area (Å²) >= 11 is 0. The molecule has 5 heteroatoms. The number of nitrogens with one attached hydrogen (secondary N) is 1. The number of rotatable bonds is 1. The van der Waals surface area contributed by atoms with Gasteiger partial charge in [-0.25, -0.2) is 4.98 Å². The van der Waals surface area contributed by atoms with Crippen LogP contribution in [-0.4, -0.2) is 15.8 Å². The summed E-state index contributed by atoms with van der Waals surface area (Å²) in [5, 5.41) is 3.53. The number of hydrogen-bond donors (Lipinski definition) is 2. The van der Waals surface area contributed by atoms with E-state index >= 15 is 0 Å². The first-order valence-corrected chi connectivity index (χ1v) is 10.2. The highest BCUT2D eigenvalue weighted by atomic mass is 16.1. The average Bonchev–Trinajstić information content (AvgIpc) is 2.66. The Labute approximate surface area is 165 Å². The number of aryl methyl sites for hydroxylation is 1. The Hall–Kier alpha value is -2.69. The topological polar surface area (TPSA) is 80.9 Å². The van der Waals surface area contributed by atoms with Gasteiger partial charge in [0, 0.05) is 52.9 Å². The molecule has 0 saturated carbocycles. The molecule has 1 aliphatic heterocycles. The van der Waals surface area contributed by atoms with Gasteiger partial charge in [0.25, 0.3) is 0 Å². The van der Waals surface area contributed by atoms with Gasteiger partial charge in [-0.1, -0.05) is 13.8 Å². The van der Waals surface area contributed by atoms with Crippen molar-refractivity contribution in [2.75, 3.05) is 11.1 Å². The summed E-state index contributed by atoms with van der Waals surface area (Å²) in [6.45, 7) is 4.31. The molecular formula is C23H26N4O. The van der Waals surface area contributed by atoms with Crippen molar-refractivity contribution in [3.8, 4) is 0 Å². The highest BCUT2D eigenvalue weighted by Crippen LogP contribution is 2.51. The van der Waals surface area contributed by atoms with Crippen LogP contribution in [0.25, 0.3) is 0 Å². The Morgan fingerprint density at radius 1 is 1.14 bits per heavy atom. The van der Waals surface area contributed by atoms with Crippen molar-refractivity contribution in [1.29, 1.82) is 0 Å². The Bertz CT molecular complexity index is 1010. The van der Waals surface area contributed by atoms with Crippen molar-refractivity contribution in [3.63, 3.8) is 0 Å². The molecule has 1 atom stereocenters. The highest BCUT2D eigenvalue weighted by Gasteiger charge is 2.42. The first kappa shape index (κ1) is 17.4. The van der Waals surface area contributed by atoms with E-state index in [1.807, 2.05) is 12.1 Å². The van der Waals surface area contributed by atoms with Crippen LogP contribution in [0.5, 0.6) is 0 Å². The van der Waals surface area contributed by atoms with E-state index in [4.69, 9.17) is 10.7 Å². The van der Waals surface area contributed by atoms with E-state index < -0.39 is 0 Å². The molecule has 0 radical (unpaired) electrons. The molecule has 1 unspecified atom stereocenters. The van der Waals surface area contributed by atoms with Gasteiger partial charge in [-0.2, -0.15) is 0 Å². The lowest BCUT2D eigenvalue weighted by molar-refractivity contribution is -0.118. The molecule has 0 spiro atoms. The molecule has 2 aromatic heterocycles. The second-order valence-electron chi connectivity index (χ2n) is 9.09. The van der Waals surface area contributed by atoms with Gasteiger partial charge >= 0.3 is 0 Å². The molecule has 3 aliphatic rings. The van der Waals surface area contributed by atoms with Gasteiger partial charge < -0.3 is 11.1 Å². The number of carbonyl (C=O) groups excluding carboxylic acids is 1. The van der Waals surface area contributed by atoms with Crippen molar-refractivity contribution < 1.29 is 4.79 Å². The van der Waals surface area contributed by atoms with Crippen molar-refractivity contribution >= 4 is 17.3 Å². The zero-order valence-corrected chi connectivity index (χ0v) is 16.5. The predicted molar refractivity (Wildman–Crippen MR) is 110 cm³/mol. The standard InChI is InChI=1S/C23H26N4O/c1-23(2)11-16-19(17(28)12-23)18(13-7-9-25-10-8-13)20-21(24)14-5-3-4-6-15(14)26-22(20)27-16/h7-10,18H,3-6,11-12H2,1-2H3,(H3,24,26,27). The summed E-state index contributed by atoms with van der Waals surface area (Å²) in [6.07, 6.45) is 9.23. The Morgan fingerprint density at radius 3 is 2.68 bits per heavy atom. The summed E-state index contributed by atoms with van der Waals surface area (Å²) < 4.78 is 0. The number of nitrogen functional groups attached to an aromatic ring is 1. The van der Waals surface area contributed by atoms with Crippen LogP contribution in [0.4, 0.5) is 11.5 Å². The van der Waals surface area contributed by atoms with Gasteiger partial charge in [0.15, 0.2) is 5.78 Å². The summed E-state index contributed by atoms with van der Waals surface area (Å²) in [6, 6.07) is 3.99. The molecule has 3 heterocycles. The number of carbonyl (C=O) groups is 1. The first-order chi connectivity index (χ1) is 13.4. The molecule has 2 aromatic rings. The number of anilines is 2. The number of nitrogens with two attached hydrogens (primary N) is 1. The summed E-state index contributed by atoms with van der Waals surface area (Å²) in [5.41, 5.74) is 13.7. The molecular weight excluding hydrogens is 348 g/mol. The fraction of sp³-hybridized carbons (Fsp3) is 0.435. The maximum absolute atomic E-state index is 13.3. The Kier molecular flexibility index (Phi) is 3.83. The number of allylic oxidation sites excluding steroid dienone is 2. The SMILES string of the molecule is CC1(C)CC(=O)C2=C(C1)Nc1nc3c(c(N)c1C2c1ccncc1)CCCC3. The van der Waals surface area contributed by atoms with Crippen molar-refractivity contribution in [2.45, 2.75) is 58.3 Å². The van der Waals surface area contributed by atoms with Crippen LogP contribution < -0.4 is 11.1 Å². The van der Waals surface area contributed by atoms with E-state index in [-0.39, 0.29) is 17.1 Å². The zero-order valence-electron chi connectivity index (χ0n) is 16.5. The van der Waals surface area contributed by atoms with Crippen LogP contribution in [0.3, 0.4) is 0 Å². The number of hydrogen-bond acceptors (Lipinski definition) is 5. The van der Waals surface area contributed by atoms with Gasteiger partial charge in [0.05, 0.1) is 0 Å². The zero-order chi connectivity index (χ0) is 19.5. The number of Topliss-reactive ketones (excluding diaryl/α,β-unsaturated/α-hetero) is 1. The smallest absolute Gasteiger partial charge is 0.162 e.